The molecule has 2 rings (SSSR count). The molecule has 3 unspecified atom stereocenters. The molecule has 0 bridgehead atoms. The second-order valence-electron chi connectivity index (χ2n) is 8.51. The van der Waals surface area contributed by atoms with Crippen LogP contribution in [0.1, 0.15) is 32.3 Å². The molecule has 3 atom stereocenters. The summed E-state index contributed by atoms with van der Waals surface area (Å²) in [5, 5.41) is 26.2. The van der Waals surface area contributed by atoms with Gasteiger partial charge in [-0.3, -0.25) is 19.2 Å². The van der Waals surface area contributed by atoms with Gasteiger partial charge in [-0.2, -0.15) is 0 Å². The molecule has 1 heterocycles. The number of amides is 3. The molecule has 0 saturated heterocycles. The predicted octanol–water partition coefficient (Wildman–Crippen LogP) is -0.271. The molecule has 0 spiro atoms. The summed E-state index contributed by atoms with van der Waals surface area (Å²) in [6, 6.07) is 4.09. The van der Waals surface area contributed by atoms with Crippen molar-refractivity contribution in [3.63, 3.8) is 0 Å². The number of carbonyl (C=O) groups is 5. The summed E-state index contributed by atoms with van der Waals surface area (Å²) in [6.45, 7) is 2.70. The molecule has 3 amide bonds. The predicted molar refractivity (Wildman–Crippen MR) is 126 cm³/mol. The quantitative estimate of drug-likeness (QED) is 0.199. The fourth-order valence-electron chi connectivity index (χ4n) is 3.48. The van der Waals surface area contributed by atoms with Gasteiger partial charge in [0, 0.05) is 23.5 Å². The highest BCUT2D eigenvalue weighted by Crippen LogP contribution is 2.18. The monoisotopic (exact) mass is 489 g/mol. The Morgan fingerprint density at radius 2 is 1.71 bits per heavy atom. The third-order valence-electron chi connectivity index (χ3n) is 5.40. The molecule has 8 N–H and O–H groups in total. The number of carboxylic acid groups (broad SMARTS) is 2. The molecule has 0 fully saturated rings. The van der Waals surface area contributed by atoms with Crippen molar-refractivity contribution >= 4 is 40.6 Å². The molecule has 0 aliphatic carbocycles. The van der Waals surface area contributed by atoms with Gasteiger partial charge in [0.1, 0.15) is 12.1 Å². The minimum absolute atomic E-state index is 0.229. The number of H-pyrrole nitrogens is 1. The number of hydrogen-bond donors (Lipinski definition) is 7. The molecule has 0 aliphatic heterocycles. The number of benzene rings is 1. The van der Waals surface area contributed by atoms with Gasteiger partial charge in [-0.15, -0.1) is 0 Å². The minimum atomic E-state index is -1.30. The van der Waals surface area contributed by atoms with Gasteiger partial charge in [0.05, 0.1) is 12.6 Å². The Labute approximate surface area is 201 Å². The summed E-state index contributed by atoms with van der Waals surface area (Å²) in [7, 11) is 0. The van der Waals surface area contributed by atoms with Crippen molar-refractivity contribution in [1.82, 2.24) is 20.9 Å². The van der Waals surface area contributed by atoms with Gasteiger partial charge in [0.25, 0.3) is 0 Å². The molecule has 0 aliphatic rings. The van der Waals surface area contributed by atoms with Gasteiger partial charge < -0.3 is 36.9 Å². The third-order valence-corrected chi connectivity index (χ3v) is 5.40. The van der Waals surface area contributed by atoms with Crippen molar-refractivity contribution in [2.45, 2.75) is 51.2 Å². The number of aromatic nitrogens is 1. The lowest BCUT2D eigenvalue weighted by molar-refractivity contribution is -0.144. The Kier molecular flexibility index (Phi) is 9.76. The number of hydrogen-bond acceptors (Lipinski definition) is 6. The number of para-hydroxylation sites is 1. The molecule has 0 radical (unpaired) electrons. The highest BCUT2D eigenvalue weighted by Gasteiger charge is 2.29. The summed E-state index contributed by atoms with van der Waals surface area (Å²) in [6.07, 6.45) is 1.30. The maximum absolute atomic E-state index is 12.5. The number of carbonyl (C=O) groups excluding carboxylic acids is 3. The summed E-state index contributed by atoms with van der Waals surface area (Å²) >= 11 is 0. The molecule has 1 aromatic carbocycles. The first kappa shape index (κ1) is 27.3. The van der Waals surface area contributed by atoms with Gasteiger partial charge in [0.15, 0.2) is 0 Å². The number of nitrogens with two attached hydrogens (primary N) is 1. The van der Waals surface area contributed by atoms with Gasteiger partial charge in [-0.25, -0.2) is 4.79 Å². The first-order valence-electron chi connectivity index (χ1n) is 11.1. The molecular formula is C23H31N5O7. The normalized spacial score (nSPS) is 13.6. The van der Waals surface area contributed by atoms with E-state index >= 15 is 0 Å². The van der Waals surface area contributed by atoms with E-state index in [1.54, 1.807) is 20.0 Å². The van der Waals surface area contributed by atoms with Crippen LogP contribution in [0.3, 0.4) is 0 Å². The Morgan fingerprint density at radius 3 is 2.34 bits per heavy atom. The molecule has 2 aromatic rings. The molecule has 0 saturated carbocycles. The molecule has 12 nitrogen and oxygen atoms in total. The maximum Gasteiger partial charge on any atom is 0.326 e. The van der Waals surface area contributed by atoms with Gasteiger partial charge in [-0.1, -0.05) is 32.0 Å². The van der Waals surface area contributed by atoms with E-state index in [2.05, 4.69) is 20.9 Å². The summed E-state index contributed by atoms with van der Waals surface area (Å²) in [4.78, 5) is 62.7. The maximum atomic E-state index is 12.5. The Hall–Kier alpha value is -3.93. The van der Waals surface area contributed by atoms with E-state index in [4.69, 9.17) is 10.8 Å². The summed E-state index contributed by atoms with van der Waals surface area (Å²) < 4.78 is 0. The zero-order valence-corrected chi connectivity index (χ0v) is 19.5. The first-order valence-corrected chi connectivity index (χ1v) is 11.1. The first-order chi connectivity index (χ1) is 16.5. The topological polar surface area (TPSA) is 204 Å². The van der Waals surface area contributed by atoms with Crippen LogP contribution in [0.2, 0.25) is 0 Å². The number of carboxylic acids is 2. The number of fused-ring (bicyclic) bond motifs is 1. The van der Waals surface area contributed by atoms with Gasteiger partial charge in [-0.05, 0) is 30.4 Å². The van der Waals surface area contributed by atoms with Gasteiger partial charge in [0.2, 0.25) is 17.7 Å². The van der Waals surface area contributed by atoms with Crippen LogP contribution in [-0.4, -0.2) is 69.5 Å². The van der Waals surface area contributed by atoms with Crippen molar-refractivity contribution in [1.29, 1.82) is 0 Å². The molecular weight excluding hydrogens is 458 g/mol. The van der Waals surface area contributed by atoms with E-state index < -0.39 is 66.7 Å². The van der Waals surface area contributed by atoms with E-state index in [0.717, 1.165) is 16.5 Å². The van der Waals surface area contributed by atoms with Crippen molar-refractivity contribution < 1.29 is 34.2 Å². The highest BCUT2D eigenvalue weighted by molar-refractivity contribution is 5.93. The van der Waals surface area contributed by atoms with Crippen LogP contribution in [0.5, 0.6) is 0 Å². The van der Waals surface area contributed by atoms with Crippen molar-refractivity contribution in [3.05, 3.63) is 36.0 Å². The average Bonchev–Trinajstić information content (AvgIpc) is 3.20. The Balaban J connectivity index is 1.93. The van der Waals surface area contributed by atoms with Crippen LogP contribution in [0, 0.1) is 5.92 Å². The van der Waals surface area contributed by atoms with Crippen LogP contribution in [-0.2, 0) is 30.4 Å². The second kappa shape index (κ2) is 12.5. The smallest absolute Gasteiger partial charge is 0.326 e. The Bertz CT molecular complexity index is 1080. The van der Waals surface area contributed by atoms with Crippen molar-refractivity contribution in [3.8, 4) is 0 Å². The summed E-state index contributed by atoms with van der Waals surface area (Å²) in [5.74, 6) is -5.05. The van der Waals surface area contributed by atoms with E-state index in [1.807, 2.05) is 24.3 Å². The zero-order chi connectivity index (χ0) is 26.1. The SMILES string of the molecule is CC(C)C(NC(=O)C(CCC(=O)O)NC(=O)CNC(=O)C(N)Cc1c[nH]c2ccccc12)C(=O)O. The average molecular weight is 490 g/mol. The fraction of sp³-hybridized carbons (Fsp3) is 0.435. The number of aliphatic carboxylic acids is 2. The van der Waals surface area contributed by atoms with Crippen molar-refractivity contribution in [2.75, 3.05) is 6.54 Å². The van der Waals surface area contributed by atoms with Crippen LogP contribution in [0.15, 0.2) is 30.5 Å². The largest absolute Gasteiger partial charge is 0.481 e. The third kappa shape index (κ3) is 8.10. The van der Waals surface area contributed by atoms with E-state index in [0.29, 0.717) is 0 Å². The fourth-order valence-corrected chi connectivity index (χ4v) is 3.48. The lowest BCUT2D eigenvalue weighted by atomic mass is 10.0. The van der Waals surface area contributed by atoms with E-state index in [9.17, 15) is 29.1 Å². The highest BCUT2D eigenvalue weighted by atomic mass is 16.4. The van der Waals surface area contributed by atoms with Crippen LogP contribution >= 0.6 is 0 Å². The molecule has 35 heavy (non-hydrogen) atoms. The van der Waals surface area contributed by atoms with E-state index in [1.165, 1.54) is 0 Å². The summed E-state index contributed by atoms with van der Waals surface area (Å²) in [5.41, 5.74) is 7.73. The van der Waals surface area contributed by atoms with Crippen molar-refractivity contribution in [2.24, 2.45) is 11.7 Å². The number of rotatable bonds is 13. The van der Waals surface area contributed by atoms with E-state index in [-0.39, 0.29) is 12.8 Å². The number of aromatic amines is 1. The van der Waals surface area contributed by atoms with Crippen LogP contribution in [0.4, 0.5) is 0 Å². The Morgan fingerprint density at radius 1 is 1.03 bits per heavy atom. The molecule has 1 aromatic heterocycles. The molecule has 12 heteroatoms. The zero-order valence-electron chi connectivity index (χ0n) is 19.5. The lowest BCUT2D eigenvalue weighted by Gasteiger charge is -2.23. The van der Waals surface area contributed by atoms with Crippen LogP contribution < -0.4 is 21.7 Å². The number of nitrogens with one attached hydrogen (secondary N) is 4. The second-order valence-corrected chi connectivity index (χ2v) is 8.51. The van der Waals surface area contributed by atoms with Crippen LogP contribution in [0.25, 0.3) is 10.9 Å². The lowest BCUT2D eigenvalue weighted by Crippen LogP contribution is -2.54. The minimum Gasteiger partial charge on any atom is -0.481 e. The molecule has 190 valence electrons. The standard InChI is InChI=1S/C23H31N5O7/c1-12(2)20(23(34)35)28-22(33)17(7-8-19(30)31)27-18(29)11-26-21(32)15(24)9-13-10-25-16-6-4-3-5-14(13)16/h3-6,10,12,15,17,20,25H,7-9,11,24H2,1-2H3,(H,26,32)(H,27,29)(H,28,33)(H,30,31)(H,34,35). The van der Waals surface area contributed by atoms with Gasteiger partial charge >= 0.3 is 11.9 Å².